The van der Waals surface area contributed by atoms with Gasteiger partial charge >= 0.3 is 0 Å². The quantitative estimate of drug-likeness (QED) is 0.892. The lowest BCUT2D eigenvalue weighted by atomic mass is 10.1. The van der Waals surface area contributed by atoms with Crippen molar-refractivity contribution in [2.45, 2.75) is 19.1 Å². The number of β-amino-alcohol motifs (C(OH)–C–C–N with tert-alkyl or cyclic N) is 1. The van der Waals surface area contributed by atoms with Crippen molar-refractivity contribution in [2.24, 2.45) is 0 Å². The molecule has 0 unspecified atom stereocenters. The first-order valence-corrected chi connectivity index (χ1v) is 7.29. The number of rotatable bonds is 4. The number of morpholine rings is 1. The van der Waals surface area contributed by atoms with Crippen LogP contribution in [-0.4, -0.2) is 51.4 Å². The second-order valence-electron chi connectivity index (χ2n) is 5.44. The van der Waals surface area contributed by atoms with Crippen LogP contribution in [0.1, 0.15) is 29.4 Å². The SMILES string of the molecule is Cc1nc([C@H]2CN(C[C@@H](O)c3ccccc3F)CCO2)n[nH]1. The molecule has 118 valence electrons. The first-order chi connectivity index (χ1) is 10.6. The van der Waals surface area contributed by atoms with Gasteiger partial charge in [0.25, 0.3) is 0 Å². The van der Waals surface area contributed by atoms with Gasteiger partial charge in [0.05, 0.1) is 12.7 Å². The van der Waals surface area contributed by atoms with Crippen LogP contribution in [0.3, 0.4) is 0 Å². The summed E-state index contributed by atoms with van der Waals surface area (Å²) in [4.78, 5) is 6.32. The molecule has 0 saturated carbocycles. The van der Waals surface area contributed by atoms with Gasteiger partial charge in [-0.3, -0.25) is 10.00 Å². The van der Waals surface area contributed by atoms with E-state index in [4.69, 9.17) is 4.74 Å². The standard InChI is InChI=1S/C15H19FN4O2/c1-10-17-15(19-18-10)14-9-20(6-7-22-14)8-13(21)11-4-2-3-5-12(11)16/h2-5,13-14,21H,6-9H2,1H3,(H,17,18,19)/t13-,14-/m1/s1. The third-order valence-corrected chi connectivity index (χ3v) is 3.75. The Labute approximate surface area is 127 Å². The van der Waals surface area contributed by atoms with E-state index in [-0.39, 0.29) is 11.9 Å². The zero-order valence-electron chi connectivity index (χ0n) is 12.4. The van der Waals surface area contributed by atoms with Gasteiger partial charge < -0.3 is 9.84 Å². The highest BCUT2D eigenvalue weighted by Gasteiger charge is 2.27. The summed E-state index contributed by atoms with van der Waals surface area (Å²) in [5.74, 6) is 0.967. The predicted molar refractivity (Wildman–Crippen MR) is 77.6 cm³/mol. The van der Waals surface area contributed by atoms with E-state index in [1.807, 2.05) is 11.8 Å². The summed E-state index contributed by atoms with van der Waals surface area (Å²) in [7, 11) is 0. The van der Waals surface area contributed by atoms with E-state index >= 15 is 0 Å². The molecule has 1 aliphatic heterocycles. The van der Waals surface area contributed by atoms with Crippen LogP contribution in [0.5, 0.6) is 0 Å². The zero-order chi connectivity index (χ0) is 15.5. The lowest BCUT2D eigenvalue weighted by Gasteiger charge is -2.32. The van der Waals surface area contributed by atoms with E-state index < -0.39 is 6.10 Å². The minimum Gasteiger partial charge on any atom is -0.387 e. The fraction of sp³-hybridized carbons (Fsp3) is 0.467. The molecule has 3 rings (SSSR count). The summed E-state index contributed by atoms with van der Waals surface area (Å²) < 4.78 is 19.4. The third kappa shape index (κ3) is 3.32. The van der Waals surface area contributed by atoms with E-state index in [1.165, 1.54) is 6.07 Å². The molecule has 0 aliphatic carbocycles. The second-order valence-corrected chi connectivity index (χ2v) is 5.44. The lowest BCUT2D eigenvalue weighted by Crippen LogP contribution is -2.41. The van der Waals surface area contributed by atoms with Gasteiger partial charge in [-0.15, -0.1) is 0 Å². The molecule has 0 bridgehead atoms. The molecule has 0 spiro atoms. The maximum absolute atomic E-state index is 13.7. The molecular weight excluding hydrogens is 287 g/mol. The molecule has 2 N–H and O–H groups in total. The molecule has 2 aromatic rings. The smallest absolute Gasteiger partial charge is 0.180 e. The van der Waals surface area contributed by atoms with Crippen molar-refractivity contribution in [3.63, 3.8) is 0 Å². The summed E-state index contributed by atoms with van der Waals surface area (Å²) in [6.07, 6.45) is -1.10. The monoisotopic (exact) mass is 306 g/mol. The average Bonchev–Trinajstić information content (AvgIpc) is 2.94. The van der Waals surface area contributed by atoms with Crippen LogP contribution >= 0.6 is 0 Å². The van der Waals surface area contributed by atoms with Crippen LogP contribution < -0.4 is 0 Å². The molecule has 6 nitrogen and oxygen atoms in total. The van der Waals surface area contributed by atoms with Crippen molar-refractivity contribution < 1.29 is 14.2 Å². The van der Waals surface area contributed by atoms with Crippen LogP contribution in [0.15, 0.2) is 24.3 Å². The van der Waals surface area contributed by atoms with Crippen molar-refractivity contribution in [1.82, 2.24) is 20.1 Å². The molecule has 7 heteroatoms. The van der Waals surface area contributed by atoms with Gasteiger partial charge in [-0.1, -0.05) is 18.2 Å². The Morgan fingerprint density at radius 1 is 1.50 bits per heavy atom. The number of aryl methyl sites for hydroxylation is 1. The largest absolute Gasteiger partial charge is 0.387 e. The van der Waals surface area contributed by atoms with Crippen LogP contribution in [0.2, 0.25) is 0 Å². The van der Waals surface area contributed by atoms with Gasteiger partial charge in [0, 0.05) is 25.2 Å². The molecule has 1 aromatic heterocycles. The summed E-state index contributed by atoms with van der Waals surface area (Å²) >= 11 is 0. The van der Waals surface area contributed by atoms with Crippen molar-refractivity contribution in [2.75, 3.05) is 26.2 Å². The molecule has 0 radical (unpaired) electrons. The number of halogens is 1. The van der Waals surface area contributed by atoms with Gasteiger partial charge in [0.15, 0.2) is 5.82 Å². The highest BCUT2D eigenvalue weighted by atomic mass is 19.1. The molecule has 22 heavy (non-hydrogen) atoms. The molecular formula is C15H19FN4O2. The Bertz CT molecular complexity index is 634. The van der Waals surface area contributed by atoms with E-state index in [0.29, 0.717) is 37.6 Å². The number of aromatic amines is 1. The fourth-order valence-electron chi connectivity index (χ4n) is 2.62. The number of aromatic nitrogens is 3. The topological polar surface area (TPSA) is 74.3 Å². The first kappa shape index (κ1) is 15.1. The summed E-state index contributed by atoms with van der Waals surface area (Å²) in [5, 5.41) is 17.2. The van der Waals surface area contributed by atoms with Gasteiger partial charge in [-0.25, -0.2) is 9.37 Å². The number of nitrogens with zero attached hydrogens (tertiary/aromatic N) is 3. The van der Waals surface area contributed by atoms with Crippen molar-refractivity contribution >= 4 is 0 Å². The number of benzene rings is 1. The zero-order valence-corrected chi connectivity index (χ0v) is 12.4. The maximum atomic E-state index is 13.7. The molecule has 1 aromatic carbocycles. The fourth-order valence-corrected chi connectivity index (χ4v) is 2.62. The lowest BCUT2D eigenvalue weighted by molar-refractivity contribution is -0.0463. The maximum Gasteiger partial charge on any atom is 0.180 e. The van der Waals surface area contributed by atoms with Crippen LogP contribution in [0.25, 0.3) is 0 Å². The highest BCUT2D eigenvalue weighted by molar-refractivity contribution is 5.20. The summed E-state index contributed by atoms with van der Waals surface area (Å²) in [6, 6.07) is 6.30. The number of aliphatic hydroxyl groups is 1. The first-order valence-electron chi connectivity index (χ1n) is 7.29. The van der Waals surface area contributed by atoms with Crippen LogP contribution in [0, 0.1) is 12.7 Å². The Balaban J connectivity index is 1.64. The Hall–Kier alpha value is -1.83. The Kier molecular flexibility index (Phi) is 4.47. The number of ether oxygens (including phenoxy) is 1. The molecule has 1 saturated heterocycles. The average molecular weight is 306 g/mol. The number of hydrogen-bond donors (Lipinski definition) is 2. The molecule has 2 atom stereocenters. The van der Waals surface area contributed by atoms with E-state index in [2.05, 4.69) is 15.2 Å². The van der Waals surface area contributed by atoms with E-state index in [9.17, 15) is 9.50 Å². The molecule has 2 heterocycles. The highest BCUT2D eigenvalue weighted by Crippen LogP contribution is 2.23. The Morgan fingerprint density at radius 3 is 3.05 bits per heavy atom. The minimum absolute atomic E-state index is 0.230. The normalized spacial score (nSPS) is 21.0. The van der Waals surface area contributed by atoms with Crippen LogP contribution in [-0.2, 0) is 4.74 Å². The molecule has 1 aliphatic rings. The molecule has 0 amide bonds. The second kappa shape index (κ2) is 6.51. The van der Waals surface area contributed by atoms with Gasteiger partial charge in [0.2, 0.25) is 0 Å². The number of aliphatic hydroxyl groups excluding tert-OH is 1. The van der Waals surface area contributed by atoms with Gasteiger partial charge in [-0.05, 0) is 13.0 Å². The van der Waals surface area contributed by atoms with Crippen molar-refractivity contribution in [1.29, 1.82) is 0 Å². The van der Waals surface area contributed by atoms with Crippen molar-refractivity contribution in [3.8, 4) is 0 Å². The summed E-state index contributed by atoms with van der Waals surface area (Å²) in [6.45, 7) is 3.97. The van der Waals surface area contributed by atoms with E-state index in [0.717, 1.165) is 5.82 Å². The molecule has 1 fully saturated rings. The number of H-pyrrole nitrogens is 1. The Morgan fingerprint density at radius 2 is 2.32 bits per heavy atom. The number of nitrogens with one attached hydrogen (secondary N) is 1. The van der Waals surface area contributed by atoms with E-state index in [1.54, 1.807) is 18.2 Å². The summed E-state index contributed by atoms with van der Waals surface area (Å²) in [5.41, 5.74) is 0.319. The predicted octanol–water partition coefficient (Wildman–Crippen LogP) is 1.36. The third-order valence-electron chi connectivity index (χ3n) is 3.75. The van der Waals surface area contributed by atoms with Crippen LogP contribution in [0.4, 0.5) is 4.39 Å². The van der Waals surface area contributed by atoms with Gasteiger partial charge in [-0.2, -0.15) is 5.10 Å². The number of hydrogen-bond acceptors (Lipinski definition) is 5. The van der Waals surface area contributed by atoms with Crippen molar-refractivity contribution in [3.05, 3.63) is 47.3 Å². The minimum atomic E-state index is -0.867. The van der Waals surface area contributed by atoms with Gasteiger partial charge in [0.1, 0.15) is 17.7 Å².